The smallest absolute Gasteiger partial charge is 0.183 e. The van der Waals surface area contributed by atoms with E-state index in [2.05, 4.69) is 23.1 Å². The molecule has 1 unspecified atom stereocenters. The molecule has 0 spiro atoms. The van der Waals surface area contributed by atoms with Crippen LogP contribution >= 0.6 is 0 Å². The van der Waals surface area contributed by atoms with Crippen molar-refractivity contribution in [1.29, 1.82) is 0 Å². The Bertz CT molecular complexity index is 602. The molecule has 1 aliphatic heterocycles. The molecule has 3 rings (SSSR count). The Morgan fingerprint density at radius 3 is 2.52 bits per heavy atom. The molecular weight excluding hydrogens is 262 g/mol. The Morgan fingerprint density at radius 1 is 1.05 bits per heavy atom. The van der Waals surface area contributed by atoms with Gasteiger partial charge in [0.2, 0.25) is 0 Å². The first-order valence-corrected chi connectivity index (χ1v) is 7.76. The van der Waals surface area contributed by atoms with E-state index >= 15 is 0 Å². The molecule has 0 amide bonds. The molecule has 0 radical (unpaired) electrons. The fourth-order valence-corrected chi connectivity index (χ4v) is 3.09. The lowest BCUT2D eigenvalue weighted by Gasteiger charge is -2.42. The fraction of sp³-hybridized carbons (Fsp3) is 0.444. The Hall–Kier alpha value is -1.58. The van der Waals surface area contributed by atoms with Gasteiger partial charge in [-0.2, -0.15) is 0 Å². The zero-order chi connectivity index (χ0) is 14.7. The van der Waals surface area contributed by atoms with E-state index in [0.717, 1.165) is 29.6 Å². The third kappa shape index (κ3) is 2.89. The topological polar surface area (TPSA) is 32.7 Å². The molecule has 1 aliphatic rings. The van der Waals surface area contributed by atoms with Gasteiger partial charge in [-0.3, -0.25) is 4.90 Å². The van der Waals surface area contributed by atoms with Crippen LogP contribution in [0, 0.1) is 0 Å². The van der Waals surface area contributed by atoms with Crippen LogP contribution in [-0.2, 0) is 0 Å². The summed E-state index contributed by atoms with van der Waals surface area (Å²) in [6.45, 7) is 3.96. The minimum atomic E-state index is -0.648. The molecule has 1 heterocycles. The number of hydrogen-bond donors (Lipinski definition) is 1. The fourth-order valence-electron chi connectivity index (χ4n) is 3.09. The van der Waals surface area contributed by atoms with E-state index in [9.17, 15) is 5.11 Å². The summed E-state index contributed by atoms with van der Waals surface area (Å²) >= 11 is 0. The van der Waals surface area contributed by atoms with Crippen molar-refractivity contribution in [3.8, 4) is 5.75 Å². The van der Waals surface area contributed by atoms with Gasteiger partial charge in [0.25, 0.3) is 0 Å². The van der Waals surface area contributed by atoms with Gasteiger partial charge >= 0.3 is 0 Å². The molecule has 112 valence electrons. The molecular formula is C18H23NO2. The number of ether oxygens (including phenoxy) is 1. The number of likely N-dealkylation sites (tertiary alicyclic amines) is 1. The van der Waals surface area contributed by atoms with Crippen LogP contribution in [0.25, 0.3) is 10.8 Å². The number of fused-ring (bicyclic) bond motifs is 1. The van der Waals surface area contributed by atoms with Crippen molar-refractivity contribution in [3.63, 3.8) is 0 Å². The second-order valence-corrected chi connectivity index (χ2v) is 5.96. The highest BCUT2D eigenvalue weighted by molar-refractivity contribution is 5.88. The van der Waals surface area contributed by atoms with E-state index in [0.29, 0.717) is 0 Å². The monoisotopic (exact) mass is 285 g/mol. The van der Waals surface area contributed by atoms with E-state index in [1.807, 2.05) is 31.2 Å². The minimum absolute atomic E-state index is 0.00375. The molecule has 3 heteroatoms. The highest BCUT2D eigenvalue weighted by Crippen LogP contribution is 2.30. The van der Waals surface area contributed by atoms with E-state index < -0.39 is 5.72 Å². The van der Waals surface area contributed by atoms with Gasteiger partial charge in [0.15, 0.2) is 5.72 Å². The first-order valence-electron chi connectivity index (χ1n) is 7.76. The van der Waals surface area contributed by atoms with Crippen LogP contribution in [0.3, 0.4) is 0 Å². The van der Waals surface area contributed by atoms with Gasteiger partial charge in [0.05, 0.1) is 6.61 Å². The van der Waals surface area contributed by atoms with Gasteiger partial charge in [-0.15, -0.1) is 0 Å². The van der Waals surface area contributed by atoms with Gasteiger partial charge in [0.1, 0.15) is 5.75 Å². The highest BCUT2D eigenvalue weighted by atomic mass is 16.5. The van der Waals surface area contributed by atoms with E-state index in [4.69, 9.17) is 4.74 Å². The second-order valence-electron chi connectivity index (χ2n) is 5.96. The van der Waals surface area contributed by atoms with Gasteiger partial charge in [-0.1, -0.05) is 42.8 Å². The molecule has 1 fully saturated rings. The van der Waals surface area contributed by atoms with Crippen LogP contribution in [-0.4, -0.2) is 35.4 Å². The zero-order valence-electron chi connectivity index (χ0n) is 12.6. The van der Waals surface area contributed by atoms with Crippen LogP contribution in [0.4, 0.5) is 0 Å². The van der Waals surface area contributed by atoms with Crippen LogP contribution in [0.5, 0.6) is 5.75 Å². The predicted octanol–water partition coefficient (Wildman–Crippen LogP) is 3.41. The van der Waals surface area contributed by atoms with E-state index in [-0.39, 0.29) is 6.61 Å². The summed E-state index contributed by atoms with van der Waals surface area (Å²) < 4.78 is 6.28. The molecule has 2 aromatic carbocycles. The number of benzene rings is 2. The molecule has 0 saturated carbocycles. The summed E-state index contributed by atoms with van der Waals surface area (Å²) in [5, 5.41) is 12.2. The van der Waals surface area contributed by atoms with Crippen LogP contribution < -0.4 is 4.74 Å². The summed E-state index contributed by atoms with van der Waals surface area (Å²) in [5.41, 5.74) is -0.648. The first kappa shape index (κ1) is 14.4. The molecule has 0 bridgehead atoms. The second kappa shape index (κ2) is 6.04. The number of aliphatic hydroxyl groups is 1. The third-order valence-corrected chi connectivity index (χ3v) is 4.40. The van der Waals surface area contributed by atoms with Crippen molar-refractivity contribution < 1.29 is 9.84 Å². The molecule has 3 nitrogen and oxygen atoms in total. The van der Waals surface area contributed by atoms with Crippen LogP contribution in [0.2, 0.25) is 0 Å². The van der Waals surface area contributed by atoms with Gasteiger partial charge in [-0.25, -0.2) is 0 Å². The summed E-state index contributed by atoms with van der Waals surface area (Å²) in [6.07, 6.45) is 3.62. The molecule has 2 aromatic rings. The lowest BCUT2D eigenvalue weighted by molar-refractivity contribution is -0.110. The average Bonchev–Trinajstić information content (AvgIpc) is 2.56. The predicted molar refractivity (Wildman–Crippen MR) is 85.5 cm³/mol. The molecule has 0 aromatic heterocycles. The van der Waals surface area contributed by atoms with E-state index in [1.54, 1.807) is 0 Å². The van der Waals surface area contributed by atoms with Gasteiger partial charge < -0.3 is 9.84 Å². The van der Waals surface area contributed by atoms with Gasteiger partial charge in [0, 0.05) is 18.5 Å². The van der Waals surface area contributed by atoms with Crippen LogP contribution in [0.15, 0.2) is 42.5 Å². The molecule has 21 heavy (non-hydrogen) atoms. The van der Waals surface area contributed by atoms with E-state index in [1.165, 1.54) is 19.3 Å². The maximum Gasteiger partial charge on any atom is 0.183 e. The molecule has 1 N–H and O–H groups in total. The highest BCUT2D eigenvalue weighted by Gasteiger charge is 2.34. The number of piperidine rings is 1. The summed E-state index contributed by atoms with van der Waals surface area (Å²) in [7, 11) is 0. The first-order chi connectivity index (χ1) is 10.2. The Kier molecular flexibility index (Phi) is 4.13. The average molecular weight is 285 g/mol. The quantitative estimate of drug-likeness (QED) is 0.934. The van der Waals surface area contributed by atoms with Crippen molar-refractivity contribution in [2.45, 2.75) is 31.9 Å². The van der Waals surface area contributed by atoms with Crippen LogP contribution in [0.1, 0.15) is 26.2 Å². The normalized spacial score (nSPS) is 19.3. The number of rotatable bonds is 4. The standard InChI is InChI=1S/C18H23NO2/c1-18(14-20,19-12-5-2-6-13-19)21-17-11-7-9-15-8-3-4-10-16(15)17/h3-4,7-11,20H,2,5-6,12-14H2,1H3. The minimum Gasteiger partial charge on any atom is -0.470 e. The molecule has 0 aliphatic carbocycles. The maximum absolute atomic E-state index is 9.90. The Labute approximate surface area is 126 Å². The van der Waals surface area contributed by atoms with Crippen molar-refractivity contribution in [2.24, 2.45) is 0 Å². The lowest BCUT2D eigenvalue weighted by Crippen LogP contribution is -2.55. The molecule has 1 atom stereocenters. The zero-order valence-corrected chi connectivity index (χ0v) is 12.6. The largest absolute Gasteiger partial charge is 0.470 e. The Balaban J connectivity index is 1.91. The van der Waals surface area contributed by atoms with Crippen molar-refractivity contribution in [3.05, 3.63) is 42.5 Å². The van der Waals surface area contributed by atoms with Crippen molar-refractivity contribution in [1.82, 2.24) is 4.90 Å². The lowest BCUT2D eigenvalue weighted by atomic mass is 10.1. The number of hydrogen-bond acceptors (Lipinski definition) is 3. The summed E-state index contributed by atoms with van der Waals surface area (Å²) in [6, 6.07) is 14.3. The van der Waals surface area contributed by atoms with Crippen molar-refractivity contribution >= 4 is 10.8 Å². The molecule has 1 saturated heterocycles. The third-order valence-electron chi connectivity index (χ3n) is 4.40. The summed E-state index contributed by atoms with van der Waals surface area (Å²) in [5.74, 6) is 0.843. The van der Waals surface area contributed by atoms with Crippen molar-refractivity contribution in [2.75, 3.05) is 19.7 Å². The summed E-state index contributed by atoms with van der Waals surface area (Å²) in [4.78, 5) is 2.26. The number of nitrogens with zero attached hydrogens (tertiary/aromatic N) is 1. The van der Waals surface area contributed by atoms with Gasteiger partial charge in [-0.05, 0) is 31.2 Å². The number of aliphatic hydroxyl groups excluding tert-OH is 1. The maximum atomic E-state index is 9.90. The SMILES string of the molecule is CC(CO)(Oc1cccc2ccccc12)N1CCCCC1. The Morgan fingerprint density at radius 2 is 1.76 bits per heavy atom.